The fourth-order valence-electron chi connectivity index (χ4n) is 2.98. The number of amides is 1. The van der Waals surface area contributed by atoms with E-state index >= 15 is 0 Å². The average molecular weight is 400 g/mol. The van der Waals surface area contributed by atoms with Gasteiger partial charge in [-0.3, -0.25) is 9.69 Å². The van der Waals surface area contributed by atoms with Crippen LogP contribution in [0.4, 0.5) is 5.13 Å². The van der Waals surface area contributed by atoms with E-state index < -0.39 is 0 Å². The maximum atomic E-state index is 13.0. The van der Waals surface area contributed by atoms with Crippen molar-refractivity contribution in [1.82, 2.24) is 19.5 Å². The number of carbonyl (C=O) groups is 1. The lowest BCUT2D eigenvalue weighted by molar-refractivity contribution is 0.0982. The second-order valence-corrected chi connectivity index (χ2v) is 7.71. The molecule has 1 N–H and O–H groups in total. The normalized spacial score (nSPS) is 11.2. The molecule has 3 heterocycles. The smallest absolute Gasteiger partial charge is 0.276 e. The highest BCUT2D eigenvalue weighted by atomic mass is 35.5. The summed E-state index contributed by atoms with van der Waals surface area (Å²) in [7, 11) is 0. The number of aryl methyl sites for hydroxylation is 2. The zero-order chi connectivity index (χ0) is 18.8. The van der Waals surface area contributed by atoms with Crippen LogP contribution >= 0.6 is 22.9 Å². The molecule has 3 aromatic heterocycles. The maximum Gasteiger partial charge on any atom is 0.276 e. The SMILES string of the molecule is Cc1cc(Cl)cc2sc(N(CCCn3ccnc3)C(=O)c3ccc[nH]3)nc12. The number of imidazole rings is 1. The van der Waals surface area contributed by atoms with Crippen molar-refractivity contribution < 1.29 is 4.79 Å². The topological polar surface area (TPSA) is 66.8 Å². The van der Waals surface area contributed by atoms with E-state index in [1.807, 2.05) is 35.9 Å². The van der Waals surface area contributed by atoms with E-state index in [0.717, 1.165) is 28.7 Å². The van der Waals surface area contributed by atoms with Crippen molar-refractivity contribution >= 4 is 44.2 Å². The van der Waals surface area contributed by atoms with Gasteiger partial charge in [0.1, 0.15) is 5.69 Å². The lowest BCUT2D eigenvalue weighted by atomic mass is 10.2. The Bertz CT molecular complexity index is 1060. The van der Waals surface area contributed by atoms with Crippen molar-refractivity contribution in [2.45, 2.75) is 19.9 Å². The molecule has 0 aliphatic rings. The molecule has 8 heteroatoms. The van der Waals surface area contributed by atoms with Crippen LogP contribution in [-0.4, -0.2) is 32.0 Å². The van der Waals surface area contributed by atoms with Crippen molar-refractivity contribution in [3.63, 3.8) is 0 Å². The second kappa shape index (κ2) is 7.54. The fourth-order valence-corrected chi connectivity index (χ4v) is 4.43. The number of H-pyrrole nitrogens is 1. The molecule has 0 saturated heterocycles. The predicted molar refractivity (Wildman–Crippen MR) is 109 cm³/mol. The number of anilines is 1. The lowest BCUT2D eigenvalue weighted by Crippen LogP contribution is -2.32. The maximum absolute atomic E-state index is 13.0. The van der Waals surface area contributed by atoms with Crippen LogP contribution in [0, 0.1) is 6.92 Å². The van der Waals surface area contributed by atoms with E-state index in [0.29, 0.717) is 22.4 Å². The molecule has 1 aromatic carbocycles. The number of carbonyl (C=O) groups excluding carboxylic acids is 1. The van der Waals surface area contributed by atoms with Gasteiger partial charge in [0.2, 0.25) is 0 Å². The Labute approximate surface area is 165 Å². The van der Waals surface area contributed by atoms with Crippen LogP contribution in [0.5, 0.6) is 0 Å². The first-order valence-corrected chi connectivity index (χ1v) is 9.79. The number of hydrogen-bond acceptors (Lipinski definition) is 4. The van der Waals surface area contributed by atoms with Crippen LogP contribution in [0.15, 0.2) is 49.2 Å². The van der Waals surface area contributed by atoms with Crippen molar-refractivity contribution in [3.05, 3.63) is 65.5 Å². The molecule has 0 aliphatic carbocycles. The number of aromatic nitrogens is 4. The van der Waals surface area contributed by atoms with Crippen LogP contribution in [-0.2, 0) is 6.54 Å². The number of benzene rings is 1. The molecule has 0 radical (unpaired) electrons. The third kappa shape index (κ3) is 3.74. The van der Waals surface area contributed by atoms with E-state index in [9.17, 15) is 4.79 Å². The lowest BCUT2D eigenvalue weighted by Gasteiger charge is -2.19. The summed E-state index contributed by atoms with van der Waals surface area (Å²) in [5.41, 5.74) is 2.44. The number of rotatable bonds is 6. The first kappa shape index (κ1) is 17.8. The molecule has 27 heavy (non-hydrogen) atoms. The van der Waals surface area contributed by atoms with E-state index in [4.69, 9.17) is 16.6 Å². The average Bonchev–Trinajstić information content (AvgIpc) is 3.38. The Morgan fingerprint density at radius 3 is 3.04 bits per heavy atom. The molecule has 0 atom stereocenters. The van der Waals surface area contributed by atoms with Gasteiger partial charge in [-0.15, -0.1) is 0 Å². The molecule has 4 aromatic rings. The van der Waals surface area contributed by atoms with E-state index in [-0.39, 0.29) is 5.91 Å². The quantitative estimate of drug-likeness (QED) is 0.518. The van der Waals surface area contributed by atoms with Gasteiger partial charge in [-0.2, -0.15) is 0 Å². The summed E-state index contributed by atoms with van der Waals surface area (Å²) in [4.78, 5) is 26.6. The largest absolute Gasteiger partial charge is 0.357 e. The number of thiazole rings is 1. The van der Waals surface area contributed by atoms with Crippen molar-refractivity contribution in [3.8, 4) is 0 Å². The Kier molecular flexibility index (Phi) is 4.96. The Hall–Kier alpha value is -2.64. The van der Waals surface area contributed by atoms with Crippen LogP contribution in [0.25, 0.3) is 10.2 Å². The molecule has 0 saturated carbocycles. The zero-order valence-corrected chi connectivity index (χ0v) is 16.3. The molecule has 0 bridgehead atoms. The minimum atomic E-state index is -0.0894. The molecular weight excluding hydrogens is 382 g/mol. The first-order chi connectivity index (χ1) is 13.1. The summed E-state index contributed by atoms with van der Waals surface area (Å²) in [6.45, 7) is 3.32. The van der Waals surface area contributed by atoms with E-state index in [1.165, 1.54) is 11.3 Å². The van der Waals surface area contributed by atoms with E-state index in [1.54, 1.807) is 29.7 Å². The van der Waals surface area contributed by atoms with Gasteiger partial charge in [-0.05, 0) is 43.2 Å². The summed E-state index contributed by atoms with van der Waals surface area (Å²) >= 11 is 7.67. The van der Waals surface area contributed by atoms with Gasteiger partial charge in [0.25, 0.3) is 5.91 Å². The number of aromatic amines is 1. The van der Waals surface area contributed by atoms with Gasteiger partial charge in [-0.1, -0.05) is 22.9 Å². The minimum Gasteiger partial charge on any atom is -0.357 e. The van der Waals surface area contributed by atoms with Crippen molar-refractivity contribution in [2.24, 2.45) is 0 Å². The Morgan fingerprint density at radius 1 is 1.41 bits per heavy atom. The minimum absolute atomic E-state index is 0.0894. The third-order valence-corrected chi connectivity index (χ3v) is 5.54. The van der Waals surface area contributed by atoms with Gasteiger partial charge >= 0.3 is 0 Å². The summed E-state index contributed by atoms with van der Waals surface area (Å²) in [6, 6.07) is 7.39. The number of fused-ring (bicyclic) bond motifs is 1. The predicted octanol–water partition coefficient (Wildman–Crippen LogP) is 4.52. The van der Waals surface area contributed by atoms with E-state index in [2.05, 4.69) is 9.97 Å². The third-order valence-electron chi connectivity index (χ3n) is 4.30. The highest BCUT2D eigenvalue weighted by molar-refractivity contribution is 7.22. The van der Waals surface area contributed by atoms with Crippen LogP contribution in [0.3, 0.4) is 0 Å². The fraction of sp³-hybridized carbons (Fsp3) is 0.211. The summed E-state index contributed by atoms with van der Waals surface area (Å²) < 4.78 is 2.98. The molecule has 0 spiro atoms. The zero-order valence-electron chi connectivity index (χ0n) is 14.7. The number of halogens is 1. The molecule has 0 fully saturated rings. The highest BCUT2D eigenvalue weighted by Gasteiger charge is 2.22. The summed E-state index contributed by atoms with van der Waals surface area (Å²) in [6.07, 6.45) is 7.99. The Balaban J connectivity index is 1.64. The monoisotopic (exact) mass is 399 g/mol. The summed E-state index contributed by atoms with van der Waals surface area (Å²) in [5.74, 6) is -0.0894. The van der Waals surface area contributed by atoms with Crippen molar-refractivity contribution in [2.75, 3.05) is 11.4 Å². The standard InChI is InChI=1S/C19H18ClN5OS/c1-13-10-14(20)11-16-17(13)23-19(27-16)25(18(26)15-4-2-5-22-15)8-3-7-24-9-6-21-12-24/h2,4-6,9-12,22H,3,7-8H2,1H3. The highest BCUT2D eigenvalue weighted by Crippen LogP contribution is 2.33. The molecule has 6 nitrogen and oxygen atoms in total. The number of nitrogens with one attached hydrogen (secondary N) is 1. The molecule has 4 rings (SSSR count). The molecule has 138 valence electrons. The molecule has 0 unspecified atom stereocenters. The first-order valence-electron chi connectivity index (χ1n) is 8.59. The number of hydrogen-bond donors (Lipinski definition) is 1. The second-order valence-electron chi connectivity index (χ2n) is 6.26. The van der Waals surface area contributed by atoms with Gasteiger partial charge in [0.05, 0.1) is 16.5 Å². The van der Waals surface area contributed by atoms with Crippen LogP contribution in [0.1, 0.15) is 22.5 Å². The Morgan fingerprint density at radius 2 is 2.30 bits per heavy atom. The molecule has 1 amide bonds. The number of nitrogens with zero attached hydrogens (tertiary/aromatic N) is 4. The van der Waals surface area contributed by atoms with Gasteiger partial charge in [0.15, 0.2) is 5.13 Å². The summed E-state index contributed by atoms with van der Waals surface area (Å²) in [5, 5.41) is 1.36. The molecular formula is C19H18ClN5OS. The van der Waals surface area contributed by atoms with Crippen molar-refractivity contribution in [1.29, 1.82) is 0 Å². The van der Waals surface area contributed by atoms with Crippen LogP contribution in [0.2, 0.25) is 5.02 Å². The van der Waals surface area contributed by atoms with Gasteiger partial charge in [-0.25, -0.2) is 9.97 Å². The van der Waals surface area contributed by atoms with Gasteiger partial charge in [0, 0.05) is 36.7 Å². The molecule has 0 aliphatic heterocycles. The van der Waals surface area contributed by atoms with Crippen LogP contribution < -0.4 is 4.90 Å². The van der Waals surface area contributed by atoms with Gasteiger partial charge < -0.3 is 9.55 Å².